The maximum atomic E-state index is 12.8. The molecule has 2 unspecified atom stereocenters. The first kappa shape index (κ1) is 81.4. The van der Waals surface area contributed by atoms with Gasteiger partial charge in [-0.15, -0.1) is 0 Å². The van der Waals surface area contributed by atoms with Crippen LogP contribution in [-0.4, -0.2) is 49.3 Å². The fraction of sp³-hybridized carbons (Fsp3) is 0.707. The third-order valence-electron chi connectivity index (χ3n) is 14.8. The monoisotopic (exact) mass is 1200 g/mol. The van der Waals surface area contributed by atoms with Gasteiger partial charge >= 0.3 is 19.8 Å². The van der Waals surface area contributed by atoms with E-state index in [2.05, 4.69) is 135 Å². The molecular weight excluding hydrogens is 1070 g/mol. The minimum absolute atomic E-state index is 0.0484. The summed E-state index contributed by atoms with van der Waals surface area (Å²) in [6.45, 7) is 3.53. The van der Waals surface area contributed by atoms with Crippen LogP contribution in [0.5, 0.6) is 0 Å². The number of phosphoric acid groups is 1. The van der Waals surface area contributed by atoms with Crippen LogP contribution >= 0.6 is 7.82 Å². The van der Waals surface area contributed by atoms with Crippen molar-refractivity contribution < 1.29 is 37.6 Å². The van der Waals surface area contributed by atoms with E-state index in [4.69, 9.17) is 24.3 Å². The van der Waals surface area contributed by atoms with Gasteiger partial charge in [0.25, 0.3) is 0 Å². The van der Waals surface area contributed by atoms with Crippen molar-refractivity contribution in [2.45, 2.75) is 315 Å². The van der Waals surface area contributed by atoms with Crippen LogP contribution in [-0.2, 0) is 32.7 Å². The molecule has 0 radical (unpaired) electrons. The quantitative estimate of drug-likeness (QED) is 0.0264. The molecule has 0 aromatic rings. The Bertz CT molecular complexity index is 1810. The summed E-state index contributed by atoms with van der Waals surface area (Å²) in [5.41, 5.74) is 5.40. The first-order valence-electron chi connectivity index (χ1n) is 35.0. The van der Waals surface area contributed by atoms with Gasteiger partial charge < -0.3 is 20.1 Å². The molecule has 0 heterocycles. The Kier molecular flexibility index (Phi) is 66.6. The summed E-state index contributed by atoms with van der Waals surface area (Å²) in [6, 6.07) is 0. The molecule has 9 nitrogen and oxygen atoms in total. The van der Waals surface area contributed by atoms with E-state index in [1.165, 1.54) is 161 Å². The third kappa shape index (κ3) is 69.4. The molecule has 10 heteroatoms. The Morgan fingerprint density at radius 3 is 0.906 bits per heavy atom. The van der Waals surface area contributed by atoms with Crippen molar-refractivity contribution in [2.24, 2.45) is 5.73 Å². The highest BCUT2D eigenvalue weighted by molar-refractivity contribution is 7.47. The van der Waals surface area contributed by atoms with E-state index in [1.54, 1.807) is 0 Å². The molecule has 0 aromatic carbocycles. The van der Waals surface area contributed by atoms with Gasteiger partial charge in [-0.3, -0.25) is 18.6 Å². The van der Waals surface area contributed by atoms with E-state index < -0.39 is 32.5 Å². The summed E-state index contributed by atoms with van der Waals surface area (Å²) in [4.78, 5) is 35.3. The lowest BCUT2D eigenvalue weighted by Gasteiger charge is -2.19. The van der Waals surface area contributed by atoms with Crippen molar-refractivity contribution in [3.8, 4) is 0 Å². The summed E-state index contributed by atoms with van der Waals surface area (Å²) < 4.78 is 33.1. The molecule has 85 heavy (non-hydrogen) atoms. The molecule has 0 saturated carbocycles. The standard InChI is InChI=1S/C75H130NO8P/c1-3-5-7-9-11-13-15-17-19-21-23-25-27-28-29-30-31-32-33-34-35-36-37-38-39-40-41-42-43-44-46-48-50-52-54-56-58-60-62-64-66-68-75(78)84-73(72-83-85(79,80)82-70-69-76)71-81-74(77)67-65-63-61-59-57-55-53-51-49-47-45-26-24-22-20-18-16-14-12-10-8-6-4-2/h5-8,11-14,17-20,23-26,28-29,47,49,73H,3-4,9-10,15-16,21-22,27,30-46,48,50-72,76H2,1-2H3,(H,79,80)/b7-5-,8-6-,13-11-,14-12-,19-17-,20-18-,25-23-,26-24-,29-28-,49-47-. The van der Waals surface area contributed by atoms with E-state index in [-0.39, 0.29) is 32.6 Å². The number of nitrogens with two attached hydrogens (primary N) is 1. The molecule has 0 rings (SSSR count). The normalized spacial score (nSPS) is 13.7. The Hall–Kier alpha value is -3.59. The number of hydrogen-bond acceptors (Lipinski definition) is 8. The van der Waals surface area contributed by atoms with Gasteiger partial charge in [0.15, 0.2) is 6.10 Å². The lowest BCUT2D eigenvalue weighted by molar-refractivity contribution is -0.161. The lowest BCUT2D eigenvalue weighted by atomic mass is 10.0. The third-order valence-corrected chi connectivity index (χ3v) is 15.8. The van der Waals surface area contributed by atoms with Gasteiger partial charge in [-0.2, -0.15) is 0 Å². The van der Waals surface area contributed by atoms with Crippen LogP contribution < -0.4 is 5.73 Å². The molecule has 0 saturated heterocycles. The number of ether oxygens (including phenoxy) is 2. The predicted molar refractivity (Wildman–Crippen MR) is 367 cm³/mol. The van der Waals surface area contributed by atoms with Crippen LogP contribution in [0.25, 0.3) is 0 Å². The van der Waals surface area contributed by atoms with E-state index in [9.17, 15) is 19.0 Å². The summed E-state index contributed by atoms with van der Waals surface area (Å²) >= 11 is 0. The van der Waals surface area contributed by atoms with Crippen LogP contribution in [0, 0.1) is 0 Å². The number of allylic oxidation sites excluding steroid dienone is 20. The number of esters is 2. The maximum absolute atomic E-state index is 12.8. The van der Waals surface area contributed by atoms with Crippen molar-refractivity contribution in [3.05, 3.63) is 122 Å². The Morgan fingerprint density at radius 1 is 0.353 bits per heavy atom. The molecule has 0 aliphatic rings. The molecular formula is C75H130NO8P. The number of phosphoric ester groups is 1. The molecule has 0 bridgehead atoms. The molecule has 0 aliphatic carbocycles. The molecule has 2 atom stereocenters. The number of hydrogen-bond donors (Lipinski definition) is 2. The molecule has 0 spiro atoms. The molecule has 0 aliphatic heterocycles. The fourth-order valence-electron chi connectivity index (χ4n) is 9.75. The highest BCUT2D eigenvalue weighted by atomic mass is 31.2. The van der Waals surface area contributed by atoms with Gasteiger partial charge in [0, 0.05) is 19.4 Å². The summed E-state index contributed by atoms with van der Waals surface area (Å²) in [5.74, 6) is -0.834. The molecule has 488 valence electrons. The van der Waals surface area contributed by atoms with Crippen LogP contribution in [0.15, 0.2) is 122 Å². The zero-order chi connectivity index (χ0) is 61.6. The molecule has 3 N–H and O–H groups in total. The average molecular weight is 1200 g/mol. The first-order chi connectivity index (χ1) is 41.8. The van der Waals surface area contributed by atoms with Crippen molar-refractivity contribution in [3.63, 3.8) is 0 Å². The molecule has 0 amide bonds. The Labute approximate surface area is 523 Å². The second kappa shape index (κ2) is 69.5. The Morgan fingerprint density at radius 2 is 0.612 bits per heavy atom. The maximum Gasteiger partial charge on any atom is 0.472 e. The van der Waals surface area contributed by atoms with Crippen LogP contribution in [0.1, 0.15) is 309 Å². The topological polar surface area (TPSA) is 134 Å². The largest absolute Gasteiger partial charge is 0.472 e. The van der Waals surface area contributed by atoms with E-state index in [0.29, 0.717) is 6.42 Å². The van der Waals surface area contributed by atoms with E-state index in [0.717, 1.165) is 116 Å². The van der Waals surface area contributed by atoms with Gasteiger partial charge in [-0.1, -0.05) is 315 Å². The first-order valence-corrected chi connectivity index (χ1v) is 36.5. The molecule has 0 aromatic heterocycles. The lowest BCUT2D eigenvalue weighted by Crippen LogP contribution is -2.29. The highest BCUT2D eigenvalue weighted by Crippen LogP contribution is 2.43. The average Bonchev–Trinajstić information content (AvgIpc) is 3.52. The van der Waals surface area contributed by atoms with Gasteiger partial charge in [-0.05, 0) is 103 Å². The SMILES string of the molecule is CC/C=C\C/C=C\C/C=C\C/C=C\C/C=C\CCCCCCCCCCCCCCCCCCCCCCCCCCCC(=O)OC(COC(=O)CCCCCCCCC/C=C\C/C=C\C/C=C\C/C=C\C/C=C\CC)COP(=O)(O)OCCN. The van der Waals surface area contributed by atoms with E-state index >= 15 is 0 Å². The van der Waals surface area contributed by atoms with Crippen LogP contribution in [0.4, 0.5) is 0 Å². The minimum atomic E-state index is -4.40. The van der Waals surface area contributed by atoms with Gasteiger partial charge in [-0.25, -0.2) is 4.57 Å². The summed E-state index contributed by atoms with van der Waals surface area (Å²) in [5, 5.41) is 0. The van der Waals surface area contributed by atoms with E-state index in [1.807, 2.05) is 0 Å². The van der Waals surface area contributed by atoms with Crippen molar-refractivity contribution in [1.29, 1.82) is 0 Å². The van der Waals surface area contributed by atoms with Gasteiger partial charge in [0.2, 0.25) is 0 Å². The van der Waals surface area contributed by atoms with Crippen molar-refractivity contribution in [2.75, 3.05) is 26.4 Å². The number of carbonyl (C=O) groups excluding carboxylic acids is 2. The number of rotatable bonds is 65. The second-order valence-electron chi connectivity index (χ2n) is 23.0. The number of carbonyl (C=O) groups is 2. The predicted octanol–water partition coefficient (Wildman–Crippen LogP) is 23.1. The summed E-state index contributed by atoms with van der Waals surface area (Å²) in [6.07, 6.45) is 97.3. The minimum Gasteiger partial charge on any atom is -0.462 e. The van der Waals surface area contributed by atoms with Gasteiger partial charge in [0.05, 0.1) is 13.2 Å². The highest BCUT2D eigenvalue weighted by Gasteiger charge is 2.26. The zero-order valence-corrected chi connectivity index (χ0v) is 55.7. The molecule has 0 fully saturated rings. The number of unbranched alkanes of at least 4 members (excludes halogenated alkanes) is 32. The zero-order valence-electron chi connectivity index (χ0n) is 54.8. The van der Waals surface area contributed by atoms with Gasteiger partial charge in [0.1, 0.15) is 6.61 Å². The van der Waals surface area contributed by atoms with Crippen LogP contribution in [0.2, 0.25) is 0 Å². The van der Waals surface area contributed by atoms with Crippen molar-refractivity contribution in [1.82, 2.24) is 0 Å². The fourth-order valence-corrected chi connectivity index (χ4v) is 10.5. The Balaban J connectivity index is 3.82. The summed E-state index contributed by atoms with van der Waals surface area (Å²) in [7, 11) is -4.40. The van der Waals surface area contributed by atoms with Crippen LogP contribution in [0.3, 0.4) is 0 Å². The van der Waals surface area contributed by atoms with Crippen molar-refractivity contribution >= 4 is 19.8 Å². The smallest absolute Gasteiger partial charge is 0.462 e. The second-order valence-corrected chi connectivity index (χ2v) is 24.4.